The number of para-hydroxylation sites is 1. The Hall–Kier alpha value is -3.30. The molecule has 2 aromatic rings. The Balaban J connectivity index is 2.09. The summed E-state index contributed by atoms with van der Waals surface area (Å²) < 4.78 is 38.9. The van der Waals surface area contributed by atoms with Crippen molar-refractivity contribution in [2.45, 2.75) is 12.3 Å². The van der Waals surface area contributed by atoms with Crippen LogP contribution in [0.2, 0.25) is 0 Å². The van der Waals surface area contributed by atoms with Gasteiger partial charge in [-0.15, -0.1) is 0 Å². The first-order chi connectivity index (χ1) is 12.2. The molecule has 0 saturated carbocycles. The molecule has 1 heterocycles. The number of anilines is 1. The zero-order valence-electron chi connectivity index (χ0n) is 13.0. The number of nitrogens with one attached hydrogen (secondary N) is 1. The Kier molecular flexibility index (Phi) is 4.18. The fourth-order valence-electron chi connectivity index (χ4n) is 2.76. The number of carbonyl (C=O) groups is 1. The van der Waals surface area contributed by atoms with Gasteiger partial charge in [-0.2, -0.15) is 13.2 Å². The van der Waals surface area contributed by atoms with E-state index < -0.39 is 41.2 Å². The molecular formula is C16H11F3N3O4-. The molecule has 0 aromatic heterocycles. The summed E-state index contributed by atoms with van der Waals surface area (Å²) in [4.78, 5) is 23.1. The standard InChI is InChI=1S/C16H12F3N3O4/c17-16(18,19)8-21-14(9-5-6-13(23)12(7-9)22(25)26)20-11-4-2-1-3-10(11)15(21)24/h1-7,14,20,23H,8H2/p-1/t14-/m0/s1. The maximum Gasteiger partial charge on any atom is 0.406 e. The van der Waals surface area contributed by atoms with Crippen LogP contribution < -0.4 is 10.4 Å². The third kappa shape index (κ3) is 3.25. The number of amides is 1. The van der Waals surface area contributed by atoms with Crippen LogP contribution in [0, 0.1) is 10.1 Å². The number of alkyl halides is 3. The highest BCUT2D eigenvalue weighted by atomic mass is 19.4. The Morgan fingerprint density at radius 3 is 2.54 bits per heavy atom. The number of carbonyl (C=O) groups excluding carboxylic acids is 1. The lowest BCUT2D eigenvalue weighted by molar-refractivity contribution is -0.398. The molecule has 136 valence electrons. The molecule has 0 fully saturated rings. The van der Waals surface area contributed by atoms with Crippen LogP contribution >= 0.6 is 0 Å². The minimum absolute atomic E-state index is 0.00315. The van der Waals surface area contributed by atoms with E-state index in [0.29, 0.717) is 10.6 Å². The fourth-order valence-corrected chi connectivity index (χ4v) is 2.76. The van der Waals surface area contributed by atoms with Crippen molar-refractivity contribution in [1.29, 1.82) is 0 Å². The zero-order valence-corrected chi connectivity index (χ0v) is 13.0. The molecule has 3 rings (SSSR count). The first-order valence-electron chi connectivity index (χ1n) is 7.36. The Morgan fingerprint density at radius 1 is 1.19 bits per heavy atom. The van der Waals surface area contributed by atoms with Crippen LogP contribution in [0.15, 0.2) is 42.5 Å². The van der Waals surface area contributed by atoms with E-state index in [1.165, 1.54) is 18.2 Å². The van der Waals surface area contributed by atoms with Crippen LogP contribution in [0.5, 0.6) is 5.75 Å². The number of fused-ring (bicyclic) bond motifs is 1. The molecule has 1 atom stereocenters. The SMILES string of the molecule is O=C1c2ccccc2N[C@H](c2ccc([O-])c([N+](=O)[O-])c2)N1CC(F)(F)F. The number of hydrogen-bond donors (Lipinski definition) is 1. The lowest BCUT2D eigenvalue weighted by Crippen LogP contribution is -2.47. The molecular weight excluding hydrogens is 355 g/mol. The number of halogens is 3. The molecule has 0 radical (unpaired) electrons. The van der Waals surface area contributed by atoms with Gasteiger partial charge in [-0.1, -0.05) is 24.3 Å². The second-order valence-electron chi connectivity index (χ2n) is 5.62. The highest BCUT2D eigenvalue weighted by Gasteiger charge is 2.40. The van der Waals surface area contributed by atoms with E-state index in [9.17, 15) is 33.2 Å². The maximum absolute atomic E-state index is 13.0. The van der Waals surface area contributed by atoms with Crippen LogP contribution in [0.3, 0.4) is 0 Å². The molecule has 0 saturated heterocycles. The smallest absolute Gasteiger partial charge is 0.406 e. The summed E-state index contributed by atoms with van der Waals surface area (Å²) in [5.74, 6) is -1.74. The van der Waals surface area contributed by atoms with Crippen LogP contribution in [-0.2, 0) is 0 Å². The lowest BCUT2D eigenvalue weighted by Gasteiger charge is -2.38. The summed E-state index contributed by atoms with van der Waals surface area (Å²) in [5, 5.41) is 25.3. The molecule has 1 aliphatic heterocycles. The number of nitro benzene ring substituents is 1. The number of hydrogen-bond acceptors (Lipinski definition) is 5. The van der Waals surface area contributed by atoms with Gasteiger partial charge in [0.25, 0.3) is 11.6 Å². The topological polar surface area (TPSA) is 98.5 Å². The van der Waals surface area contributed by atoms with E-state index in [1.807, 2.05) is 0 Å². The average molecular weight is 366 g/mol. The summed E-state index contributed by atoms with van der Waals surface area (Å²) in [6.07, 6.45) is -5.98. The number of nitro groups is 1. The van der Waals surface area contributed by atoms with Gasteiger partial charge in [-0.05, 0) is 17.9 Å². The number of rotatable bonds is 3. The number of nitrogens with zero attached hydrogens (tertiary/aromatic N) is 2. The van der Waals surface area contributed by atoms with Crippen molar-refractivity contribution in [1.82, 2.24) is 4.90 Å². The lowest BCUT2D eigenvalue weighted by atomic mass is 10.0. The Morgan fingerprint density at radius 2 is 1.88 bits per heavy atom. The van der Waals surface area contributed by atoms with Gasteiger partial charge in [-0.3, -0.25) is 14.9 Å². The molecule has 2 aromatic carbocycles. The van der Waals surface area contributed by atoms with Crippen molar-refractivity contribution in [2.24, 2.45) is 0 Å². The molecule has 0 spiro atoms. The van der Waals surface area contributed by atoms with E-state index >= 15 is 0 Å². The largest absolute Gasteiger partial charge is 0.868 e. The molecule has 0 bridgehead atoms. The van der Waals surface area contributed by atoms with Gasteiger partial charge < -0.3 is 15.3 Å². The minimum atomic E-state index is -4.67. The first kappa shape index (κ1) is 17.5. The predicted octanol–water partition coefficient (Wildman–Crippen LogP) is 2.80. The molecule has 10 heteroatoms. The summed E-state index contributed by atoms with van der Waals surface area (Å²) in [6.45, 7) is -1.55. The quantitative estimate of drug-likeness (QED) is 0.665. The summed E-state index contributed by atoms with van der Waals surface area (Å²) >= 11 is 0. The maximum atomic E-state index is 13.0. The summed E-state index contributed by atoms with van der Waals surface area (Å²) in [7, 11) is 0. The molecule has 1 aliphatic rings. The van der Waals surface area contributed by atoms with Gasteiger partial charge in [0.1, 0.15) is 12.7 Å². The van der Waals surface area contributed by atoms with Crippen molar-refractivity contribution in [3.8, 4) is 5.75 Å². The first-order valence-corrected chi connectivity index (χ1v) is 7.36. The second kappa shape index (κ2) is 6.21. The van der Waals surface area contributed by atoms with Gasteiger partial charge in [0.05, 0.1) is 10.5 Å². The highest BCUT2D eigenvalue weighted by molar-refractivity contribution is 6.01. The summed E-state index contributed by atoms with van der Waals surface area (Å²) in [5.41, 5.74) is -0.413. The molecule has 0 unspecified atom stereocenters. The van der Waals surface area contributed by atoms with Gasteiger partial charge in [-0.25, -0.2) is 0 Å². The Bertz CT molecular complexity index is 885. The van der Waals surface area contributed by atoms with E-state index in [4.69, 9.17) is 0 Å². The van der Waals surface area contributed by atoms with E-state index in [2.05, 4.69) is 5.32 Å². The van der Waals surface area contributed by atoms with Crippen molar-refractivity contribution in [3.05, 3.63) is 63.7 Å². The Labute approximate surface area is 144 Å². The van der Waals surface area contributed by atoms with E-state index in [1.54, 1.807) is 6.07 Å². The molecule has 1 amide bonds. The van der Waals surface area contributed by atoms with Gasteiger partial charge in [0.15, 0.2) is 0 Å². The fraction of sp³-hybridized carbons (Fsp3) is 0.188. The third-order valence-corrected chi connectivity index (χ3v) is 3.87. The third-order valence-electron chi connectivity index (χ3n) is 3.87. The van der Waals surface area contributed by atoms with Crippen molar-refractivity contribution < 1.29 is 28.0 Å². The molecule has 7 nitrogen and oxygen atoms in total. The average Bonchev–Trinajstić information content (AvgIpc) is 2.56. The molecule has 1 N–H and O–H groups in total. The highest BCUT2D eigenvalue weighted by Crippen LogP contribution is 2.37. The minimum Gasteiger partial charge on any atom is -0.868 e. The van der Waals surface area contributed by atoms with Gasteiger partial charge >= 0.3 is 6.18 Å². The van der Waals surface area contributed by atoms with Crippen LogP contribution in [-0.4, -0.2) is 28.5 Å². The van der Waals surface area contributed by atoms with E-state index in [0.717, 1.165) is 18.2 Å². The zero-order chi connectivity index (χ0) is 19.1. The van der Waals surface area contributed by atoms with Crippen molar-refractivity contribution in [3.63, 3.8) is 0 Å². The van der Waals surface area contributed by atoms with Crippen LogP contribution in [0.1, 0.15) is 22.1 Å². The van der Waals surface area contributed by atoms with Crippen LogP contribution in [0.4, 0.5) is 24.5 Å². The van der Waals surface area contributed by atoms with Crippen molar-refractivity contribution >= 4 is 17.3 Å². The molecule has 0 aliphatic carbocycles. The van der Waals surface area contributed by atoms with Gasteiger partial charge in [0.2, 0.25) is 0 Å². The molecule has 26 heavy (non-hydrogen) atoms. The van der Waals surface area contributed by atoms with Crippen molar-refractivity contribution in [2.75, 3.05) is 11.9 Å². The predicted molar refractivity (Wildman–Crippen MR) is 82.4 cm³/mol. The van der Waals surface area contributed by atoms with Crippen LogP contribution in [0.25, 0.3) is 0 Å². The normalized spacial score (nSPS) is 16.8. The second-order valence-corrected chi connectivity index (χ2v) is 5.62. The van der Waals surface area contributed by atoms with E-state index in [-0.39, 0.29) is 11.1 Å². The van der Waals surface area contributed by atoms with Gasteiger partial charge in [0, 0.05) is 17.3 Å². The summed E-state index contributed by atoms with van der Waals surface area (Å²) in [6, 6.07) is 8.95. The monoisotopic (exact) mass is 366 g/mol. The number of benzene rings is 2.